The average Bonchev–Trinajstić information content (AvgIpc) is 3.11. The number of carbonyl (C=O) groups excluding carboxylic acids is 2. The van der Waals surface area contributed by atoms with Crippen LogP contribution in [0.3, 0.4) is 0 Å². The Morgan fingerprint density at radius 2 is 1.77 bits per heavy atom. The van der Waals surface area contributed by atoms with Gasteiger partial charge in [-0.3, -0.25) is 9.48 Å². The van der Waals surface area contributed by atoms with Crippen LogP contribution in [0.25, 0.3) is 0 Å². The molecule has 0 radical (unpaired) electrons. The highest BCUT2D eigenvalue weighted by Crippen LogP contribution is 2.28. The molecule has 2 N–H and O–H groups in total. The van der Waals surface area contributed by atoms with Gasteiger partial charge in [0, 0.05) is 31.4 Å². The van der Waals surface area contributed by atoms with Gasteiger partial charge in [0.25, 0.3) is 5.91 Å². The van der Waals surface area contributed by atoms with Crippen LogP contribution in [-0.4, -0.2) is 40.6 Å². The molecule has 2 aromatic carbocycles. The number of aliphatic imine (C=N–C) groups is 1. The van der Waals surface area contributed by atoms with Crippen molar-refractivity contribution in [3.8, 4) is 0 Å². The molecule has 1 aromatic heterocycles. The molecule has 1 atom stereocenters. The number of likely N-dealkylation sites (N-methyl/N-ethyl adjacent to an activating group) is 1. The number of fused-ring (bicyclic) bond motifs is 1. The van der Waals surface area contributed by atoms with E-state index < -0.39 is 23.9 Å². The third-order valence-corrected chi connectivity index (χ3v) is 4.70. The smallest absolute Gasteiger partial charge is 0.311 e. The summed E-state index contributed by atoms with van der Waals surface area (Å²) in [5.41, 5.74) is 2.16. The van der Waals surface area contributed by atoms with E-state index >= 15 is 0 Å². The van der Waals surface area contributed by atoms with E-state index in [0.717, 1.165) is 0 Å². The maximum Gasteiger partial charge on any atom is 0.321 e. The maximum absolute atomic E-state index is 14.6. The van der Waals surface area contributed by atoms with Crippen LogP contribution in [0.4, 0.5) is 20.6 Å². The standard InChI is InChI=1S/C21H19FN6O2/c1-27-12-13(11-23-27)24-21(30)26-19-20(29)28(2)17-10-6-4-8-15(17)18(25-19)14-7-3-5-9-16(14)22/h3-12,19H,1-2H3,(H2,24,26,30). The summed E-state index contributed by atoms with van der Waals surface area (Å²) in [4.78, 5) is 31.4. The van der Waals surface area contributed by atoms with Gasteiger partial charge >= 0.3 is 6.03 Å². The summed E-state index contributed by atoms with van der Waals surface area (Å²) in [6.45, 7) is 0. The molecule has 1 unspecified atom stereocenters. The number of carbonyl (C=O) groups is 2. The molecule has 1 aliphatic heterocycles. The SMILES string of the molecule is CN1C(=O)C(NC(=O)Nc2cnn(C)c2)N=C(c2ccccc2F)c2ccccc21. The molecule has 0 fully saturated rings. The van der Waals surface area contributed by atoms with E-state index in [0.29, 0.717) is 16.9 Å². The van der Waals surface area contributed by atoms with Crippen LogP contribution in [0.5, 0.6) is 0 Å². The fourth-order valence-corrected chi connectivity index (χ4v) is 3.26. The summed E-state index contributed by atoms with van der Waals surface area (Å²) in [5, 5.41) is 9.14. The summed E-state index contributed by atoms with van der Waals surface area (Å²) in [6.07, 6.45) is 1.85. The van der Waals surface area contributed by atoms with Crippen molar-refractivity contribution < 1.29 is 14.0 Å². The first kappa shape index (κ1) is 19.3. The molecular formula is C21H19FN6O2. The van der Waals surface area contributed by atoms with Crippen molar-refractivity contribution in [1.82, 2.24) is 15.1 Å². The number of amides is 3. The fourth-order valence-electron chi connectivity index (χ4n) is 3.26. The van der Waals surface area contributed by atoms with Crippen LogP contribution in [0, 0.1) is 5.82 Å². The second-order valence-electron chi connectivity index (χ2n) is 6.78. The second-order valence-corrected chi connectivity index (χ2v) is 6.78. The Labute approximate surface area is 172 Å². The van der Waals surface area contributed by atoms with Gasteiger partial charge in [0.1, 0.15) is 5.82 Å². The lowest BCUT2D eigenvalue weighted by atomic mass is 10.00. The second kappa shape index (κ2) is 7.78. The van der Waals surface area contributed by atoms with Crippen LogP contribution in [-0.2, 0) is 11.8 Å². The normalized spacial score (nSPS) is 15.8. The van der Waals surface area contributed by atoms with Gasteiger partial charge in [-0.2, -0.15) is 5.10 Å². The van der Waals surface area contributed by atoms with Crippen molar-refractivity contribution in [2.75, 3.05) is 17.3 Å². The van der Waals surface area contributed by atoms with Crippen molar-refractivity contribution >= 4 is 29.0 Å². The van der Waals surface area contributed by atoms with E-state index in [-0.39, 0.29) is 11.3 Å². The molecule has 2 heterocycles. The van der Waals surface area contributed by atoms with Gasteiger partial charge in [-0.15, -0.1) is 0 Å². The number of para-hydroxylation sites is 1. The number of nitrogens with zero attached hydrogens (tertiary/aromatic N) is 4. The highest BCUT2D eigenvalue weighted by molar-refractivity contribution is 6.20. The van der Waals surface area contributed by atoms with Gasteiger partial charge < -0.3 is 15.5 Å². The molecule has 30 heavy (non-hydrogen) atoms. The molecule has 152 valence electrons. The molecule has 4 rings (SSSR count). The van der Waals surface area contributed by atoms with Crippen LogP contribution < -0.4 is 15.5 Å². The number of anilines is 2. The van der Waals surface area contributed by atoms with E-state index in [9.17, 15) is 14.0 Å². The van der Waals surface area contributed by atoms with E-state index in [1.165, 1.54) is 21.8 Å². The Morgan fingerprint density at radius 1 is 1.07 bits per heavy atom. The minimum absolute atomic E-state index is 0.243. The fraction of sp³-hybridized carbons (Fsp3) is 0.143. The monoisotopic (exact) mass is 406 g/mol. The largest absolute Gasteiger partial charge is 0.321 e. The molecule has 3 aromatic rings. The number of rotatable bonds is 3. The summed E-state index contributed by atoms with van der Waals surface area (Å²) in [6, 6.07) is 12.7. The first-order chi connectivity index (χ1) is 14.4. The van der Waals surface area contributed by atoms with Gasteiger partial charge in [-0.05, 0) is 18.2 Å². The number of benzodiazepines with no additional fused rings is 1. The zero-order valence-corrected chi connectivity index (χ0v) is 16.3. The number of benzene rings is 2. The number of urea groups is 1. The van der Waals surface area contributed by atoms with Gasteiger partial charge in [0.15, 0.2) is 0 Å². The number of halogens is 1. The molecule has 0 spiro atoms. The molecule has 1 aliphatic rings. The van der Waals surface area contributed by atoms with Gasteiger partial charge in [-0.25, -0.2) is 14.2 Å². The summed E-state index contributed by atoms with van der Waals surface area (Å²) >= 11 is 0. The van der Waals surface area contributed by atoms with Gasteiger partial charge in [0.05, 0.1) is 23.3 Å². The summed E-state index contributed by atoms with van der Waals surface area (Å²) in [7, 11) is 3.31. The Kier molecular flexibility index (Phi) is 5.01. The maximum atomic E-state index is 14.6. The lowest BCUT2D eigenvalue weighted by Gasteiger charge is -2.20. The Bertz CT molecular complexity index is 1160. The van der Waals surface area contributed by atoms with Crippen molar-refractivity contribution in [2.45, 2.75) is 6.17 Å². The molecule has 0 bridgehead atoms. The summed E-state index contributed by atoms with van der Waals surface area (Å²) in [5.74, 6) is -0.920. The predicted molar refractivity (Wildman–Crippen MR) is 111 cm³/mol. The molecule has 0 saturated heterocycles. The quantitative estimate of drug-likeness (QED) is 0.700. The Morgan fingerprint density at radius 3 is 2.47 bits per heavy atom. The van der Waals surface area contributed by atoms with Crippen molar-refractivity contribution in [1.29, 1.82) is 0 Å². The van der Waals surface area contributed by atoms with E-state index in [4.69, 9.17) is 0 Å². The molecular weight excluding hydrogens is 387 g/mol. The minimum Gasteiger partial charge on any atom is -0.311 e. The van der Waals surface area contributed by atoms with E-state index in [1.54, 1.807) is 62.8 Å². The lowest BCUT2D eigenvalue weighted by molar-refractivity contribution is -0.119. The van der Waals surface area contributed by atoms with Gasteiger partial charge in [-0.1, -0.05) is 30.3 Å². The number of hydrogen-bond acceptors (Lipinski definition) is 4. The molecule has 0 saturated carbocycles. The van der Waals surface area contributed by atoms with Crippen LogP contribution in [0.1, 0.15) is 11.1 Å². The third kappa shape index (κ3) is 3.64. The minimum atomic E-state index is -1.24. The highest BCUT2D eigenvalue weighted by atomic mass is 19.1. The Hall–Kier alpha value is -4.01. The molecule has 8 nitrogen and oxygen atoms in total. The van der Waals surface area contributed by atoms with Crippen LogP contribution in [0.2, 0.25) is 0 Å². The number of aromatic nitrogens is 2. The predicted octanol–water partition coefficient (Wildman–Crippen LogP) is 2.52. The Balaban J connectivity index is 1.73. The number of nitrogens with one attached hydrogen (secondary N) is 2. The van der Waals surface area contributed by atoms with E-state index in [2.05, 4.69) is 20.7 Å². The van der Waals surface area contributed by atoms with Crippen molar-refractivity contribution in [3.05, 3.63) is 77.9 Å². The van der Waals surface area contributed by atoms with Crippen LogP contribution in [0.15, 0.2) is 65.9 Å². The molecule has 0 aliphatic carbocycles. The number of hydrogen-bond donors (Lipinski definition) is 2. The lowest BCUT2D eigenvalue weighted by Crippen LogP contribution is -2.47. The zero-order chi connectivity index (χ0) is 21.3. The average molecular weight is 406 g/mol. The van der Waals surface area contributed by atoms with Crippen molar-refractivity contribution in [3.63, 3.8) is 0 Å². The topological polar surface area (TPSA) is 91.6 Å². The van der Waals surface area contributed by atoms with E-state index in [1.807, 2.05) is 0 Å². The molecule has 3 amide bonds. The molecule has 9 heteroatoms. The van der Waals surface area contributed by atoms with Gasteiger partial charge in [0.2, 0.25) is 6.17 Å². The third-order valence-electron chi connectivity index (χ3n) is 4.70. The first-order valence-corrected chi connectivity index (χ1v) is 9.20. The highest BCUT2D eigenvalue weighted by Gasteiger charge is 2.31. The number of aryl methyl sites for hydroxylation is 1. The first-order valence-electron chi connectivity index (χ1n) is 9.20. The summed E-state index contributed by atoms with van der Waals surface area (Å²) < 4.78 is 16.1. The van der Waals surface area contributed by atoms with Crippen LogP contribution >= 0.6 is 0 Å². The van der Waals surface area contributed by atoms with Crippen molar-refractivity contribution in [2.24, 2.45) is 12.0 Å². The zero-order valence-electron chi connectivity index (χ0n) is 16.3.